The summed E-state index contributed by atoms with van der Waals surface area (Å²) in [5, 5.41) is 5.49. The van der Waals surface area contributed by atoms with Crippen molar-refractivity contribution in [2.24, 2.45) is 0 Å². The molecule has 0 saturated carbocycles. The minimum Gasteiger partial charge on any atom is -0.497 e. The van der Waals surface area contributed by atoms with E-state index in [0.717, 1.165) is 16.8 Å². The van der Waals surface area contributed by atoms with Crippen LogP contribution in [0.4, 0.5) is 16.2 Å². The Labute approximate surface area is 164 Å². The van der Waals surface area contributed by atoms with Crippen LogP contribution in [-0.2, 0) is 4.79 Å². The van der Waals surface area contributed by atoms with Crippen molar-refractivity contribution in [1.29, 1.82) is 0 Å². The molecule has 2 aromatic rings. The van der Waals surface area contributed by atoms with Crippen molar-refractivity contribution < 1.29 is 19.1 Å². The lowest BCUT2D eigenvalue weighted by Crippen LogP contribution is -2.43. The highest BCUT2D eigenvalue weighted by molar-refractivity contribution is 6.02. The van der Waals surface area contributed by atoms with Gasteiger partial charge in [-0.2, -0.15) is 0 Å². The monoisotopic (exact) mass is 383 g/mol. The van der Waals surface area contributed by atoms with Crippen molar-refractivity contribution in [2.75, 3.05) is 31.0 Å². The van der Waals surface area contributed by atoms with Crippen molar-refractivity contribution in [3.8, 4) is 11.5 Å². The van der Waals surface area contributed by atoms with Crippen LogP contribution < -0.4 is 25.0 Å². The van der Waals surface area contributed by atoms with Gasteiger partial charge in [0.15, 0.2) is 0 Å². The first-order valence-electron chi connectivity index (χ1n) is 9.10. The van der Waals surface area contributed by atoms with Crippen molar-refractivity contribution in [3.63, 3.8) is 0 Å². The van der Waals surface area contributed by atoms with Gasteiger partial charge in [-0.15, -0.1) is 0 Å². The number of urea groups is 1. The number of carbonyl (C=O) groups excluding carboxylic acids is 2. The molecule has 0 bridgehead atoms. The molecule has 3 rings (SSSR count). The second kappa shape index (κ2) is 8.21. The van der Waals surface area contributed by atoms with E-state index < -0.39 is 12.1 Å². The van der Waals surface area contributed by atoms with E-state index in [9.17, 15) is 9.59 Å². The Kier molecular flexibility index (Phi) is 5.73. The average Bonchev–Trinajstić information content (AvgIpc) is 3.00. The summed E-state index contributed by atoms with van der Waals surface area (Å²) in [6.45, 7) is 4.57. The fraction of sp³-hybridized carbons (Fsp3) is 0.333. The summed E-state index contributed by atoms with van der Waals surface area (Å²) in [4.78, 5) is 26.9. The maximum absolute atomic E-state index is 12.8. The highest BCUT2D eigenvalue weighted by Gasteiger charge is 2.33. The Balaban J connectivity index is 1.66. The molecule has 1 saturated heterocycles. The zero-order valence-corrected chi connectivity index (χ0v) is 16.5. The quantitative estimate of drug-likeness (QED) is 0.831. The van der Waals surface area contributed by atoms with Crippen LogP contribution in [0.25, 0.3) is 0 Å². The van der Waals surface area contributed by atoms with Crippen LogP contribution in [-0.4, -0.2) is 38.7 Å². The van der Waals surface area contributed by atoms with E-state index in [1.54, 1.807) is 23.1 Å². The molecule has 0 radical (unpaired) electrons. The summed E-state index contributed by atoms with van der Waals surface area (Å²) in [5.74, 6) is 1.02. The number of methoxy groups -OCH3 is 2. The van der Waals surface area contributed by atoms with Gasteiger partial charge < -0.3 is 25.0 Å². The van der Waals surface area contributed by atoms with Crippen LogP contribution >= 0.6 is 0 Å². The van der Waals surface area contributed by atoms with Crippen LogP contribution in [0.1, 0.15) is 17.5 Å². The van der Waals surface area contributed by atoms with Gasteiger partial charge in [-0.3, -0.25) is 4.79 Å². The van der Waals surface area contributed by atoms with Crippen LogP contribution in [0.5, 0.6) is 11.5 Å². The van der Waals surface area contributed by atoms with Crippen LogP contribution in [0.2, 0.25) is 0 Å². The molecule has 0 aromatic heterocycles. The molecule has 3 amide bonds. The summed E-state index contributed by atoms with van der Waals surface area (Å²) in [6, 6.07) is 10.1. The number of hydrogen-bond donors (Lipinski definition) is 2. The number of carbonyl (C=O) groups is 2. The van der Waals surface area contributed by atoms with E-state index in [0.29, 0.717) is 30.2 Å². The van der Waals surface area contributed by atoms with Gasteiger partial charge >= 0.3 is 6.03 Å². The average molecular weight is 383 g/mol. The lowest BCUT2D eigenvalue weighted by Gasteiger charge is -2.19. The van der Waals surface area contributed by atoms with E-state index in [4.69, 9.17) is 9.47 Å². The molecular weight excluding hydrogens is 358 g/mol. The van der Waals surface area contributed by atoms with Gasteiger partial charge in [0.2, 0.25) is 5.91 Å². The number of nitrogens with one attached hydrogen (secondary N) is 2. The van der Waals surface area contributed by atoms with Gasteiger partial charge in [-0.05, 0) is 43.5 Å². The highest BCUT2D eigenvalue weighted by atomic mass is 16.5. The topological polar surface area (TPSA) is 79.9 Å². The van der Waals surface area contributed by atoms with Crippen LogP contribution in [0.3, 0.4) is 0 Å². The van der Waals surface area contributed by atoms with Crippen molar-refractivity contribution >= 4 is 23.3 Å². The molecule has 2 N–H and O–H groups in total. The maximum Gasteiger partial charge on any atom is 0.319 e. The third-order valence-electron chi connectivity index (χ3n) is 4.64. The van der Waals surface area contributed by atoms with Crippen molar-refractivity contribution in [1.82, 2.24) is 5.32 Å². The van der Waals surface area contributed by atoms with Crippen molar-refractivity contribution in [3.05, 3.63) is 47.5 Å². The molecule has 2 aromatic carbocycles. The molecule has 7 nitrogen and oxygen atoms in total. The number of anilines is 2. The molecule has 0 spiro atoms. The molecule has 0 aliphatic carbocycles. The van der Waals surface area contributed by atoms with Gasteiger partial charge in [0, 0.05) is 36.1 Å². The SMILES string of the molecule is COc1cc(NC(=O)N[C@H]2CCN(c3cc(C)cc(C)c3)C2=O)cc(OC)c1. The molecule has 7 heteroatoms. The smallest absolute Gasteiger partial charge is 0.319 e. The molecule has 1 aliphatic rings. The number of benzene rings is 2. The van der Waals surface area contributed by atoms with Gasteiger partial charge in [0.1, 0.15) is 17.5 Å². The van der Waals surface area contributed by atoms with Crippen LogP contribution in [0, 0.1) is 13.8 Å². The molecular formula is C21H25N3O4. The third kappa shape index (κ3) is 4.36. The summed E-state index contributed by atoms with van der Waals surface area (Å²) in [5.41, 5.74) is 3.59. The molecule has 1 atom stereocenters. The summed E-state index contributed by atoms with van der Waals surface area (Å²) in [6.07, 6.45) is 0.556. The summed E-state index contributed by atoms with van der Waals surface area (Å²) in [7, 11) is 3.08. The fourth-order valence-corrected chi connectivity index (χ4v) is 3.38. The predicted molar refractivity (Wildman–Crippen MR) is 108 cm³/mol. The Hall–Kier alpha value is -3.22. The Morgan fingerprint density at radius 2 is 1.61 bits per heavy atom. The molecule has 1 fully saturated rings. The Morgan fingerprint density at radius 3 is 2.18 bits per heavy atom. The number of rotatable bonds is 5. The number of nitrogens with zero attached hydrogens (tertiary/aromatic N) is 1. The molecule has 148 valence electrons. The predicted octanol–water partition coefficient (Wildman–Crippen LogP) is 3.25. The van der Waals surface area contributed by atoms with E-state index in [1.807, 2.05) is 26.0 Å². The summed E-state index contributed by atoms with van der Waals surface area (Å²) < 4.78 is 10.4. The Morgan fingerprint density at radius 1 is 1.00 bits per heavy atom. The van der Waals surface area contributed by atoms with E-state index in [-0.39, 0.29) is 5.91 Å². The Bertz CT molecular complexity index is 855. The third-order valence-corrected chi connectivity index (χ3v) is 4.64. The van der Waals surface area contributed by atoms with E-state index in [2.05, 4.69) is 16.7 Å². The first-order chi connectivity index (χ1) is 13.4. The largest absolute Gasteiger partial charge is 0.497 e. The van der Waals surface area contributed by atoms with Gasteiger partial charge in [0.05, 0.1) is 14.2 Å². The van der Waals surface area contributed by atoms with Gasteiger partial charge in [0.25, 0.3) is 0 Å². The van der Waals surface area contributed by atoms with Gasteiger partial charge in [-0.25, -0.2) is 4.79 Å². The highest BCUT2D eigenvalue weighted by Crippen LogP contribution is 2.26. The lowest BCUT2D eigenvalue weighted by molar-refractivity contribution is -0.118. The standard InChI is InChI=1S/C21H25N3O4/c1-13-7-14(2)9-16(8-13)24-6-5-19(20(24)25)23-21(26)22-15-10-17(27-3)12-18(11-15)28-4/h7-12,19H,5-6H2,1-4H3,(H2,22,23,26)/t19-/m0/s1. The first kappa shape index (κ1) is 19.5. The normalized spacial score (nSPS) is 16.1. The van der Waals surface area contributed by atoms with E-state index >= 15 is 0 Å². The number of hydrogen-bond acceptors (Lipinski definition) is 4. The molecule has 28 heavy (non-hydrogen) atoms. The minimum absolute atomic E-state index is 0.108. The zero-order valence-electron chi connectivity index (χ0n) is 16.5. The second-order valence-corrected chi connectivity index (χ2v) is 6.88. The second-order valence-electron chi connectivity index (χ2n) is 6.88. The molecule has 0 unspecified atom stereocenters. The molecule has 1 heterocycles. The number of aryl methyl sites for hydroxylation is 2. The lowest BCUT2D eigenvalue weighted by atomic mass is 10.1. The number of amides is 3. The van der Waals surface area contributed by atoms with Gasteiger partial charge in [-0.1, -0.05) is 6.07 Å². The van der Waals surface area contributed by atoms with Crippen LogP contribution in [0.15, 0.2) is 36.4 Å². The van der Waals surface area contributed by atoms with E-state index in [1.165, 1.54) is 14.2 Å². The molecule has 1 aliphatic heterocycles. The zero-order chi connectivity index (χ0) is 20.3. The number of ether oxygens (including phenoxy) is 2. The fourth-order valence-electron chi connectivity index (χ4n) is 3.38. The first-order valence-corrected chi connectivity index (χ1v) is 9.10. The van der Waals surface area contributed by atoms with Crippen molar-refractivity contribution in [2.45, 2.75) is 26.3 Å². The summed E-state index contributed by atoms with van der Waals surface area (Å²) >= 11 is 0. The maximum atomic E-state index is 12.8. The minimum atomic E-state index is -0.562.